The number of pyridine rings is 1. The van der Waals surface area contributed by atoms with Gasteiger partial charge >= 0.3 is 0 Å². The number of ether oxygens (including phenoxy) is 2. The minimum absolute atomic E-state index is 0.114. The van der Waals surface area contributed by atoms with Crippen molar-refractivity contribution in [1.82, 2.24) is 14.8 Å². The summed E-state index contributed by atoms with van der Waals surface area (Å²) < 4.78 is 53.0. The lowest BCUT2D eigenvalue weighted by molar-refractivity contribution is 0.0174. The van der Waals surface area contributed by atoms with E-state index in [9.17, 15) is 13.2 Å². The first kappa shape index (κ1) is 18.1. The molecule has 1 aromatic carbocycles. The molecule has 0 unspecified atom stereocenters. The lowest BCUT2D eigenvalue weighted by Crippen LogP contribution is -2.06. The molecule has 0 aliphatic carbocycles. The Hall–Kier alpha value is -2.74. The summed E-state index contributed by atoms with van der Waals surface area (Å²) in [5.74, 6) is -3.74. The average molecular weight is 384 g/mol. The van der Waals surface area contributed by atoms with E-state index in [-0.39, 0.29) is 27.9 Å². The second-order valence-electron chi connectivity index (χ2n) is 5.41. The maximum atomic E-state index is 14.0. The molecular weight excluding hydrogens is 371 g/mol. The topological polar surface area (TPSA) is 49.2 Å². The smallest absolute Gasteiger partial charge is 0.273 e. The fourth-order valence-corrected chi connectivity index (χ4v) is 2.37. The molecule has 2 heterocycles. The lowest BCUT2D eigenvalue weighted by atomic mass is 10.2. The second-order valence-corrected chi connectivity index (χ2v) is 5.85. The second kappa shape index (κ2) is 6.87. The molecular formula is C17H13ClF3N3O2. The molecule has 0 aliphatic heterocycles. The van der Waals surface area contributed by atoms with Crippen LogP contribution in [0, 0.1) is 5.82 Å². The first-order chi connectivity index (χ1) is 12.3. The van der Waals surface area contributed by atoms with Gasteiger partial charge in [-0.2, -0.15) is 5.10 Å². The molecule has 0 bridgehead atoms. The van der Waals surface area contributed by atoms with Gasteiger partial charge in [-0.05, 0) is 18.2 Å². The van der Waals surface area contributed by atoms with Crippen LogP contribution in [0.4, 0.5) is 13.2 Å². The number of methoxy groups -OCH3 is 1. The number of hydrogen-bond acceptors (Lipinski definition) is 4. The van der Waals surface area contributed by atoms with Gasteiger partial charge < -0.3 is 9.47 Å². The number of nitrogens with zero attached hydrogens (tertiary/aromatic N) is 3. The predicted molar refractivity (Wildman–Crippen MR) is 89.0 cm³/mol. The van der Waals surface area contributed by atoms with Crippen LogP contribution in [-0.2, 0) is 5.92 Å². The van der Waals surface area contributed by atoms with Gasteiger partial charge in [-0.25, -0.2) is 22.8 Å². The Morgan fingerprint density at radius 3 is 2.54 bits per heavy atom. The molecule has 26 heavy (non-hydrogen) atoms. The number of benzene rings is 1. The Kier molecular flexibility index (Phi) is 4.78. The highest BCUT2D eigenvalue weighted by Crippen LogP contribution is 2.36. The van der Waals surface area contributed by atoms with Crippen molar-refractivity contribution in [2.45, 2.75) is 12.8 Å². The SMILES string of the molecule is COc1cccc(Oc2ncc(Cl)cc2F)c1-n1cc(C(C)(F)F)cn1. The van der Waals surface area contributed by atoms with E-state index in [2.05, 4.69) is 10.1 Å². The molecule has 0 spiro atoms. The van der Waals surface area contributed by atoms with Crippen molar-refractivity contribution < 1.29 is 22.6 Å². The number of halogens is 4. The van der Waals surface area contributed by atoms with Crippen LogP contribution < -0.4 is 9.47 Å². The van der Waals surface area contributed by atoms with Crippen LogP contribution in [0.15, 0.2) is 42.9 Å². The van der Waals surface area contributed by atoms with E-state index in [4.69, 9.17) is 21.1 Å². The van der Waals surface area contributed by atoms with Gasteiger partial charge in [0.25, 0.3) is 11.8 Å². The third-order valence-electron chi connectivity index (χ3n) is 3.48. The predicted octanol–water partition coefficient (Wildman–Crippen LogP) is 4.97. The number of alkyl halides is 2. The van der Waals surface area contributed by atoms with Crippen molar-refractivity contribution in [3.63, 3.8) is 0 Å². The summed E-state index contributed by atoms with van der Waals surface area (Å²) in [7, 11) is 1.41. The van der Waals surface area contributed by atoms with Gasteiger partial charge in [-0.1, -0.05) is 17.7 Å². The summed E-state index contributed by atoms with van der Waals surface area (Å²) in [5, 5.41) is 4.06. The van der Waals surface area contributed by atoms with Gasteiger partial charge in [0.1, 0.15) is 11.4 Å². The third-order valence-corrected chi connectivity index (χ3v) is 3.69. The fraction of sp³-hybridized carbons (Fsp3) is 0.176. The van der Waals surface area contributed by atoms with Gasteiger partial charge in [0.05, 0.1) is 23.9 Å². The molecule has 0 atom stereocenters. The summed E-state index contributed by atoms with van der Waals surface area (Å²) in [6.07, 6.45) is 3.41. The van der Waals surface area contributed by atoms with Crippen molar-refractivity contribution in [3.05, 3.63) is 59.3 Å². The Morgan fingerprint density at radius 2 is 1.92 bits per heavy atom. The van der Waals surface area contributed by atoms with Gasteiger partial charge in [0.2, 0.25) is 0 Å². The zero-order valence-electron chi connectivity index (χ0n) is 13.7. The zero-order valence-corrected chi connectivity index (χ0v) is 14.5. The summed E-state index contributed by atoms with van der Waals surface area (Å²) in [4.78, 5) is 3.79. The standard InChI is InChI=1S/C17H13ClF3N3O2/c1-17(20,21)10-7-23-24(9-10)15-13(25-2)4-3-5-14(15)26-16-12(19)6-11(18)8-22-16/h3-9H,1-2H3. The van der Waals surface area contributed by atoms with Crippen molar-refractivity contribution in [2.24, 2.45) is 0 Å². The van der Waals surface area contributed by atoms with Gasteiger partial charge in [0.15, 0.2) is 11.6 Å². The summed E-state index contributed by atoms with van der Waals surface area (Å²) >= 11 is 5.68. The highest BCUT2D eigenvalue weighted by atomic mass is 35.5. The maximum Gasteiger partial charge on any atom is 0.273 e. The molecule has 2 aromatic heterocycles. The van der Waals surface area contributed by atoms with Crippen LogP contribution in [0.25, 0.3) is 5.69 Å². The first-order valence-corrected chi connectivity index (χ1v) is 7.76. The highest BCUT2D eigenvalue weighted by molar-refractivity contribution is 6.30. The fourth-order valence-electron chi connectivity index (χ4n) is 2.23. The summed E-state index contributed by atoms with van der Waals surface area (Å²) in [5.41, 5.74) is -0.0631. The average Bonchev–Trinajstić information content (AvgIpc) is 3.07. The Bertz CT molecular complexity index is 941. The molecule has 0 saturated heterocycles. The van der Waals surface area contributed by atoms with Crippen molar-refractivity contribution in [1.29, 1.82) is 0 Å². The van der Waals surface area contributed by atoms with E-state index in [1.807, 2.05) is 0 Å². The molecule has 5 nitrogen and oxygen atoms in total. The van der Waals surface area contributed by atoms with Crippen LogP contribution in [0.3, 0.4) is 0 Å². The number of para-hydroxylation sites is 1. The van der Waals surface area contributed by atoms with E-state index in [0.29, 0.717) is 5.75 Å². The molecule has 3 aromatic rings. The van der Waals surface area contributed by atoms with E-state index < -0.39 is 11.7 Å². The molecule has 9 heteroatoms. The molecule has 0 aliphatic rings. The van der Waals surface area contributed by atoms with Crippen LogP contribution >= 0.6 is 11.6 Å². The summed E-state index contributed by atoms with van der Waals surface area (Å²) in [6, 6.07) is 5.76. The first-order valence-electron chi connectivity index (χ1n) is 7.39. The Labute approximate surface area is 151 Å². The quantitative estimate of drug-likeness (QED) is 0.624. The number of hydrogen-bond donors (Lipinski definition) is 0. The van der Waals surface area contributed by atoms with Crippen LogP contribution in [-0.4, -0.2) is 21.9 Å². The molecule has 0 N–H and O–H groups in total. The summed E-state index contributed by atoms with van der Waals surface area (Å²) in [6.45, 7) is 0.765. The van der Waals surface area contributed by atoms with Crippen LogP contribution in [0.5, 0.6) is 17.4 Å². The largest absolute Gasteiger partial charge is 0.494 e. The number of aromatic nitrogens is 3. The van der Waals surface area contributed by atoms with Gasteiger partial charge in [-0.15, -0.1) is 0 Å². The molecule has 3 rings (SSSR count). The van der Waals surface area contributed by atoms with Crippen molar-refractivity contribution in [2.75, 3.05) is 7.11 Å². The lowest BCUT2D eigenvalue weighted by Gasteiger charge is -2.14. The van der Waals surface area contributed by atoms with Crippen LogP contribution in [0.2, 0.25) is 5.02 Å². The highest BCUT2D eigenvalue weighted by Gasteiger charge is 2.27. The monoisotopic (exact) mass is 383 g/mol. The zero-order chi connectivity index (χ0) is 18.9. The minimum atomic E-state index is -3.06. The Morgan fingerprint density at radius 1 is 1.19 bits per heavy atom. The van der Waals surface area contributed by atoms with Crippen LogP contribution in [0.1, 0.15) is 12.5 Å². The molecule has 0 radical (unpaired) electrons. The molecule has 0 amide bonds. The molecule has 0 saturated carbocycles. The third kappa shape index (κ3) is 3.60. The minimum Gasteiger partial charge on any atom is -0.494 e. The Balaban J connectivity index is 2.08. The van der Waals surface area contributed by atoms with E-state index in [1.165, 1.54) is 24.1 Å². The van der Waals surface area contributed by atoms with Crippen molar-refractivity contribution in [3.8, 4) is 23.1 Å². The van der Waals surface area contributed by atoms with E-state index >= 15 is 0 Å². The normalized spacial score (nSPS) is 11.5. The van der Waals surface area contributed by atoms with E-state index in [0.717, 1.165) is 25.4 Å². The number of rotatable bonds is 5. The van der Waals surface area contributed by atoms with Gasteiger partial charge in [0, 0.05) is 19.3 Å². The van der Waals surface area contributed by atoms with Crippen molar-refractivity contribution >= 4 is 11.6 Å². The van der Waals surface area contributed by atoms with E-state index in [1.54, 1.807) is 12.1 Å². The molecule has 136 valence electrons. The maximum absolute atomic E-state index is 14.0. The van der Waals surface area contributed by atoms with Gasteiger partial charge in [-0.3, -0.25) is 0 Å². The molecule has 0 fully saturated rings.